The molecule has 0 atom stereocenters. The maximum atomic E-state index is 12.1. The van der Waals surface area contributed by atoms with Crippen LogP contribution in [0.5, 0.6) is 11.5 Å². The van der Waals surface area contributed by atoms with Crippen LogP contribution < -0.4 is 0 Å². The van der Waals surface area contributed by atoms with E-state index in [1.165, 1.54) is 18.2 Å². The summed E-state index contributed by atoms with van der Waals surface area (Å²) in [6.07, 6.45) is 0. The van der Waals surface area contributed by atoms with Gasteiger partial charge in [-0.15, -0.1) is 0 Å². The Morgan fingerprint density at radius 3 is 2.47 bits per heavy atom. The first-order chi connectivity index (χ1) is 7.95. The Bertz CT molecular complexity index is 440. The first kappa shape index (κ1) is 13.1. The zero-order valence-corrected chi connectivity index (χ0v) is 10.1. The van der Waals surface area contributed by atoms with Gasteiger partial charge in [-0.2, -0.15) is 0 Å². The molecule has 1 rings (SSSR count). The van der Waals surface area contributed by atoms with Gasteiger partial charge in [0.1, 0.15) is 0 Å². The highest BCUT2D eigenvalue weighted by Gasteiger charge is 2.15. The van der Waals surface area contributed by atoms with Crippen LogP contribution in [-0.4, -0.2) is 34.1 Å². The minimum atomic E-state index is -0.290. The number of benzene rings is 1. The van der Waals surface area contributed by atoms with Gasteiger partial charge in [-0.3, -0.25) is 4.79 Å². The van der Waals surface area contributed by atoms with E-state index in [0.717, 1.165) is 5.57 Å². The summed E-state index contributed by atoms with van der Waals surface area (Å²) < 4.78 is 0. The molecule has 0 fully saturated rings. The number of rotatable bonds is 4. The van der Waals surface area contributed by atoms with E-state index in [0.29, 0.717) is 18.7 Å². The van der Waals surface area contributed by atoms with E-state index in [4.69, 9.17) is 0 Å². The van der Waals surface area contributed by atoms with Gasteiger partial charge in [0.05, 0.1) is 0 Å². The monoisotopic (exact) mass is 235 g/mol. The normalized spacial score (nSPS) is 10.0. The third-order valence-electron chi connectivity index (χ3n) is 2.35. The molecule has 4 heteroatoms. The quantitative estimate of drug-likeness (QED) is 0.621. The SMILES string of the molecule is C=C(C)CN(CC)C(=O)c1ccc(O)c(O)c1. The van der Waals surface area contributed by atoms with E-state index in [9.17, 15) is 15.0 Å². The molecule has 1 aromatic carbocycles. The lowest BCUT2D eigenvalue weighted by molar-refractivity contribution is 0.0778. The summed E-state index contributed by atoms with van der Waals surface area (Å²) in [5.41, 5.74) is 1.24. The molecule has 1 amide bonds. The summed E-state index contributed by atoms with van der Waals surface area (Å²) in [4.78, 5) is 13.7. The Hall–Kier alpha value is -1.97. The van der Waals surface area contributed by atoms with Gasteiger partial charge >= 0.3 is 0 Å². The standard InChI is InChI=1S/C13H17NO3/c1-4-14(8-9(2)3)13(17)10-5-6-11(15)12(16)7-10/h5-7,15-16H,2,4,8H2,1,3H3. The van der Waals surface area contributed by atoms with Crippen molar-refractivity contribution in [1.29, 1.82) is 0 Å². The number of nitrogens with zero attached hydrogens (tertiary/aromatic N) is 1. The minimum Gasteiger partial charge on any atom is -0.504 e. The van der Waals surface area contributed by atoms with Crippen LogP contribution in [0.4, 0.5) is 0 Å². The van der Waals surface area contributed by atoms with E-state index >= 15 is 0 Å². The zero-order valence-electron chi connectivity index (χ0n) is 10.1. The molecular formula is C13H17NO3. The Balaban J connectivity index is 2.93. The summed E-state index contributed by atoms with van der Waals surface area (Å²) in [5, 5.41) is 18.5. The van der Waals surface area contributed by atoms with E-state index < -0.39 is 0 Å². The van der Waals surface area contributed by atoms with E-state index in [-0.39, 0.29) is 17.4 Å². The van der Waals surface area contributed by atoms with Gasteiger partial charge in [0.25, 0.3) is 5.91 Å². The molecule has 1 aromatic rings. The lowest BCUT2D eigenvalue weighted by atomic mass is 10.1. The molecule has 0 saturated heterocycles. The third kappa shape index (κ3) is 3.24. The van der Waals surface area contributed by atoms with E-state index in [1.807, 2.05) is 13.8 Å². The molecule has 0 aliphatic rings. The number of likely N-dealkylation sites (N-methyl/N-ethyl adjacent to an activating group) is 1. The zero-order chi connectivity index (χ0) is 13.0. The van der Waals surface area contributed by atoms with Crippen molar-refractivity contribution in [2.75, 3.05) is 13.1 Å². The molecule has 0 bridgehead atoms. The number of hydrogen-bond donors (Lipinski definition) is 2. The number of hydrogen-bond acceptors (Lipinski definition) is 3. The smallest absolute Gasteiger partial charge is 0.254 e. The van der Waals surface area contributed by atoms with Gasteiger partial charge in [0.2, 0.25) is 0 Å². The van der Waals surface area contributed by atoms with Crippen LogP contribution in [0.3, 0.4) is 0 Å². The van der Waals surface area contributed by atoms with Gasteiger partial charge < -0.3 is 15.1 Å². The molecule has 0 spiro atoms. The molecule has 0 aliphatic heterocycles. The largest absolute Gasteiger partial charge is 0.504 e. The van der Waals surface area contributed by atoms with Crippen molar-refractivity contribution in [2.45, 2.75) is 13.8 Å². The molecule has 0 unspecified atom stereocenters. The van der Waals surface area contributed by atoms with Gasteiger partial charge in [-0.25, -0.2) is 0 Å². The molecule has 0 saturated carbocycles. The van der Waals surface area contributed by atoms with Gasteiger partial charge in [-0.05, 0) is 32.0 Å². The second-order valence-electron chi connectivity index (χ2n) is 3.98. The van der Waals surface area contributed by atoms with Crippen LogP contribution in [0.1, 0.15) is 24.2 Å². The van der Waals surface area contributed by atoms with Crippen LogP contribution >= 0.6 is 0 Å². The lowest BCUT2D eigenvalue weighted by Gasteiger charge is -2.21. The van der Waals surface area contributed by atoms with Gasteiger partial charge in [0, 0.05) is 18.7 Å². The lowest BCUT2D eigenvalue weighted by Crippen LogP contribution is -2.32. The minimum absolute atomic E-state index is 0.189. The number of phenols is 2. The number of carbonyl (C=O) groups excluding carboxylic acids is 1. The fourth-order valence-electron chi connectivity index (χ4n) is 1.49. The first-order valence-corrected chi connectivity index (χ1v) is 5.41. The third-order valence-corrected chi connectivity index (χ3v) is 2.35. The molecule has 0 radical (unpaired) electrons. The van der Waals surface area contributed by atoms with E-state index in [2.05, 4.69) is 6.58 Å². The number of phenolic OH excluding ortho intramolecular Hbond substituents is 2. The van der Waals surface area contributed by atoms with Crippen LogP contribution in [0.25, 0.3) is 0 Å². The highest BCUT2D eigenvalue weighted by Crippen LogP contribution is 2.25. The molecule has 4 nitrogen and oxygen atoms in total. The predicted octanol–water partition coefficient (Wildman–Crippen LogP) is 2.14. The molecular weight excluding hydrogens is 218 g/mol. The van der Waals surface area contributed by atoms with Crippen LogP contribution in [0.2, 0.25) is 0 Å². The topological polar surface area (TPSA) is 60.8 Å². The Labute approximate surface area is 101 Å². The van der Waals surface area contributed by atoms with Crippen molar-refractivity contribution in [3.8, 4) is 11.5 Å². The van der Waals surface area contributed by atoms with Crippen LogP contribution in [0, 0.1) is 0 Å². The molecule has 0 aliphatic carbocycles. The van der Waals surface area contributed by atoms with Gasteiger partial charge in [0.15, 0.2) is 11.5 Å². The highest BCUT2D eigenvalue weighted by molar-refractivity contribution is 5.95. The van der Waals surface area contributed by atoms with Crippen molar-refractivity contribution >= 4 is 5.91 Å². The van der Waals surface area contributed by atoms with Crippen LogP contribution in [-0.2, 0) is 0 Å². The summed E-state index contributed by atoms with van der Waals surface area (Å²) in [6, 6.07) is 4.05. The Morgan fingerprint density at radius 1 is 1.35 bits per heavy atom. The van der Waals surface area contributed by atoms with Crippen molar-refractivity contribution in [3.63, 3.8) is 0 Å². The summed E-state index contributed by atoms with van der Waals surface area (Å²) in [6.45, 7) is 8.54. The number of amides is 1. The summed E-state index contributed by atoms with van der Waals surface area (Å²) in [5.74, 6) is -0.711. The molecule has 0 heterocycles. The summed E-state index contributed by atoms with van der Waals surface area (Å²) in [7, 11) is 0. The maximum Gasteiger partial charge on any atom is 0.254 e. The van der Waals surface area contributed by atoms with Gasteiger partial charge in [-0.1, -0.05) is 12.2 Å². The fourth-order valence-corrected chi connectivity index (χ4v) is 1.49. The Kier molecular flexibility index (Phi) is 4.15. The maximum absolute atomic E-state index is 12.1. The fraction of sp³-hybridized carbons (Fsp3) is 0.308. The molecule has 0 aromatic heterocycles. The van der Waals surface area contributed by atoms with Crippen LogP contribution in [0.15, 0.2) is 30.4 Å². The average molecular weight is 235 g/mol. The predicted molar refractivity (Wildman–Crippen MR) is 66.2 cm³/mol. The molecule has 2 N–H and O–H groups in total. The Morgan fingerprint density at radius 2 is 2.00 bits per heavy atom. The number of aromatic hydroxyl groups is 2. The first-order valence-electron chi connectivity index (χ1n) is 5.41. The highest BCUT2D eigenvalue weighted by atomic mass is 16.3. The molecule has 92 valence electrons. The van der Waals surface area contributed by atoms with Crippen molar-refractivity contribution in [2.24, 2.45) is 0 Å². The van der Waals surface area contributed by atoms with E-state index in [1.54, 1.807) is 4.90 Å². The second kappa shape index (κ2) is 5.39. The number of carbonyl (C=O) groups is 1. The average Bonchev–Trinajstić information content (AvgIpc) is 2.28. The van der Waals surface area contributed by atoms with Crippen molar-refractivity contribution in [1.82, 2.24) is 4.90 Å². The second-order valence-corrected chi connectivity index (χ2v) is 3.98. The van der Waals surface area contributed by atoms with Crippen molar-refractivity contribution < 1.29 is 15.0 Å². The molecule has 17 heavy (non-hydrogen) atoms. The van der Waals surface area contributed by atoms with Crippen molar-refractivity contribution in [3.05, 3.63) is 35.9 Å². The summed E-state index contributed by atoms with van der Waals surface area (Å²) >= 11 is 0.